The lowest BCUT2D eigenvalue weighted by Gasteiger charge is -2.08. The van der Waals surface area contributed by atoms with Gasteiger partial charge in [-0.2, -0.15) is 0 Å². The number of methoxy groups -OCH3 is 1. The Kier molecular flexibility index (Phi) is 8.21. The maximum atomic E-state index is 12.0. The Hall–Kier alpha value is -2.97. The molecule has 0 radical (unpaired) electrons. The molecule has 0 spiro atoms. The highest BCUT2D eigenvalue weighted by Crippen LogP contribution is 2.11. The molecule has 144 valence electrons. The number of pyridine rings is 1. The average Bonchev–Trinajstić information content (AvgIpc) is 2.72. The molecule has 8 nitrogen and oxygen atoms in total. The monoisotopic (exact) mass is 373 g/mol. The summed E-state index contributed by atoms with van der Waals surface area (Å²) >= 11 is 0. The standard InChI is InChI=1S/C19H23N3O5/c1-26-16-5-2-14(3-6-16)13-27-11-9-21-18(24)15-4-7-17(22-12-15)19(25)20-8-10-23/h2-7,12,23H,8-11,13H2,1H3,(H,20,25)(H,21,24). The van der Waals surface area contributed by atoms with Crippen molar-refractivity contribution in [3.05, 3.63) is 59.4 Å². The van der Waals surface area contributed by atoms with Crippen LogP contribution in [0.4, 0.5) is 0 Å². The van der Waals surface area contributed by atoms with E-state index in [2.05, 4.69) is 15.6 Å². The van der Waals surface area contributed by atoms with Crippen molar-refractivity contribution in [1.82, 2.24) is 15.6 Å². The number of amides is 2. The number of nitrogens with zero attached hydrogens (tertiary/aromatic N) is 1. The van der Waals surface area contributed by atoms with E-state index in [-0.39, 0.29) is 24.8 Å². The molecule has 0 saturated heterocycles. The van der Waals surface area contributed by atoms with Crippen LogP contribution in [0, 0.1) is 0 Å². The molecule has 1 heterocycles. The fourth-order valence-electron chi connectivity index (χ4n) is 2.17. The van der Waals surface area contributed by atoms with Gasteiger partial charge in [-0.15, -0.1) is 0 Å². The number of aliphatic hydroxyl groups excluding tert-OH is 1. The van der Waals surface area contributed by atoms with E-state index in [4.69, 9.17) is 14.6 Å². The van der Waals surface area contributed by atoms with E-state index in [1.807, 2.05) is 24.3 Å². The van der Waals surface area contributed by atoms with E-state index in [0.29, 0.717) is 25.3 Å². The first-order valence-corrected chi connectivity index (χ1v) is 8.48. The summed E-state index contributed by atoms with van der Waals surface area (Å²) in [5, 5.41) is 13.9. The van der Waals surface area contributed by atoms with E-state index >= 15 is 0 Å². The van der Waals surface area contributed by atoms with Crippen LogP contribution in [0.15, 0.2) is 42.6 Å². The third kappa shape index (κ3) is 6.69. The number of aliphatic hydroxyl groups is 1. The summed E-state index contributed by atoms with van der Waals surface area (Å²) in [6.07, 6.45) is 1.33. The number of ether oxygens (including phenoxy) is 2. The number of benzene rings is 1. The van der Waals surface area contributed by atoms with Crippen LogP contribution < -0.4 is 15.4 Å². The Labute approximate surface area is 157 Å². The molecule has 0 aliphatic carbocycles. The lowest BCUT2D eigenvalue weighted by atomic mass is 10.2. The van der Waals surface area contributed by atoms with Crippen molar-refractivity contribution in [1.29, 1.82) is 0 Å². The van der Waals surface area contributed by atoms with Gasteiger partial charge >= 0.3 is 0 Å². The molecule has 1 aromatic heterocycles. The Morgan fingerprint density at radius 2 is 1.78 bits per heavy atom. The molecule has 8 heteroatoms. The summed E-state index contributed by atoms with van der Waals surface area (Å²) in [5.74, 6) is 0.0947. The molecule has 0 bridgehead atoms. The second-order valence-electron chi connectivity index (χ2n) is 5.57. The SMILES string of the molecule is COc1ccc(COCCNC(=O)c2ccc(C(=O)NCCO)nc2)cc1. The molecule has 1 aromatic carbocycles. The maximum Gasteiger partial charge on any atom is 0.269 e. The van der Waals surface area contributed by atoms with Gasteiger partial charge in [0.1, 0.15) is 11.4 Å². The molecule has 27 heavy (non-hydrogen) atoms. The summed E-state index contributed by atoms with van der Waals surface area (Å²) in [7, 11) is 1.61. The molecule has 2 rings (SSSR count). The number of hydrogen-bond acceptors (Lipinski definition) is 6. The quantitative estimate of drug-likeness (QED) is 0.531. The third-order valence-electron chi connectivity index (χ3n) is 3.62. The van der Waals surface area contributed by atoms with E-state index in [0.717, 1.165) is 11.3 Å². The van der Waals surface area contributed by atoms with Crippen molar-refractivity contribution in [3.8, 4) is 5.75 Å². The molecule has 3 N–H and O–H groups in total. The number of nitrogens with one attached hydrogen (secondary N) is 2. The molecule has 2 amide bonds. The van der Waals surface area contributed by atoms with Gasteiger partial charge in [0.15, 0.2) is 0 Å². The van der Waals surface area contributed by atoms with E-state index < -0.39 is 5.91 Å². The van der Waals surface area contributed by atoms with Crippen LogP contribution in [0.1, 0.15) is 26.4 Å². The van der Waals surface area contributed by atoms with Crippen LogP contribution in [0.2, 0.25) is 0 Å². The van der Waals surface area contributed by atoms with E-state index in [1.54, 1.807) is 7.11 Å². The van der Waals surface area contributed by atoms with Crippen LogP contribution in [0.3, 0.4) is 0 Å². The molecule has 0 aliphatic heterocycles. The van der Waals surface area contributed by atoms with E-state index in [9.17, 15) is 9.59 Å². The highest BCUT2D eigenvalue weighted by molar-refractivity contribution is 5.96. The lowest BCUT2D eigenvalue weighted by molar-refractivity contribution is 0.0897. The smallest absolute Gasteiger partial charge is 0.269 e. The minimum absolute atomic E-state index is 0.146. The zero-order valence-electron chi connectivity index (χ0n) is 15.1. The van der Waals surface area contributed by atoms with Crippen molar-refractivity contribution in [3.63, 3.8) is 0 Å². The number of hydrogen-bond donors (Lipinski definition) is 3. The summed E-state index contributed by atoms with van der Waals surface area (Å²) in [4.78, 5) is 27.7. The highest BCUT2D eigenvalue weighted by Gasteiger charge is 2.09. The summed E-state index contributed by atoms with van der Waals surface area (Å²) in [6, 6.07) is 10.5. The van der Waals surface area contributed by atoms with Crippen molar-refractivity contribution in [2.75, 3.05) is 33.4 Å². The Bertz CT molecular complexity index is 732. The van der Waals surface area contributed by atoms with Crippen LogP contribution in [0.5, 0.6) is 5.75 Å². The minimum atomic E-state index is -0.400. The summed E-state index contributed by atoms with van der Waals surface area (Å²) < 4.78 is 10.6. The van der Waals surface area contributed by atoms with Gasteiger partial charge in [-0.3, -0.25) is 14.6 Å². The Balaban J connectivity index is 1.69. The average molecular weight is 373 g/mol. The molecule has 0 atom stereocenters. The van der Waals surface area contributed by atoms with Gasteiger partial charge in [-0.05, 0) is 29.8 Å². The molecule has 0 aliphatic rings. The second-order valence-corrected chi connectivity index (χ2v) is 5.57. The van der Waals surface area contributed by atoms with Crippen LogP contribution in [0.25, 0.3) is 0 Å². The van der Waals surface area contributed by atoms with Gasteiger partial charge < -0.3 is 25.2 Å². The number of aromatic nitrogens is 1. The Morgan fingerprint density at radius 3 is 2.41 bits per heavy atom. The first-order valence-electron chi connectivity index (χ1n) is 8.48. The fourth-order valence-corrected chi connectivity index (χ4v) is 2.17. The largest absolute Gasteiger partial charge is 0.497 e. The van der Waals surface area contributed by atoms with Crippen molar-refractivity contribution in [2.24, 2.45) is 0 Å². The van der Waals surface area contributed by atoms with Gasteiger partial charge in [0, 0.05) is 19.3 Å². The topological polar surface area (TPSA) is 110 Å². The van der Waals surface area contributed by atoms with Crippen molar-refractivity contribution < 1.29 is 24.2 Å². The number of carbonyl (C=O) groups is 2. The predicted octanol–water partition coefficient (Wildman–Crippen LogP) is 0.759. The normalized spacial score (nSPS) is 10.3. The lowest BCUT2D eigenvalue weighted by Crippen LogP contribution is -2.29. The molecule has 0 unspecified atom stereocenters. The van der Waals surface area contributed by atoms with Crippen molar-refractivity contribution >= 4 is 11.8 Å². The van der Waals surface area contributed by atoms with Gasteiger partial charge in [0.2, 0.25) is 0 Å². The second kappa shape index (κ2) is 10.9. The van der Waals surface area contributed by atoms with E-state index in [1.165, 1.54) is 18.3 Å². The zero-order chi connectivity index (χ0) is 19.5. The summed E-state index contributed by atoms with van der Waals surface area (Å²) in [5.41, 5.74) is 1.55. The van der Waals surface area contributed by atoms with Crippen molar-refractivity contribution in [2.45, 2.75) is 6.61 Å². The maximum absolute atomic E-state index is 12.0. The van der Waals surface area contributed by atoms with Gasteiger partial charge in [0.25, 0.3) is 11.8 Å². The minimum Gasteiger partial charge on any atom is -0.497 e. The first kappa shape index (κ1) is 20.3. The summed E-state index contributed by atoms with van der Waals surface area (Å²) in [6.45, 7) is 1.17. The number of carbonyl (C=O) groups excluding carboxylic acids is 2. The molecule has 0 fully saturated rings. The predicted molar refractivity (Wildman–Crippen MR) is 98.6 cm³/mol. The van der Waals surface area contributed by atoms with Crippen LogP contribution in [-0.4, -0.2) is 55.3 Å². The first-order chi connectivity index (χ1) is 13.1. The molecular weight excluding hydrogens is 350 g/mol. The molecular formula is C19H23N3O5. The highest BCUT2D eigenvalue weighted by atomic mass is 16.5. The zero-order valence-corrected chi connectivity index (χ0v) is 15.1. The van der Waals surface area contributed by atoms with Gasteiger partial charge in [0.05, 0.1) is 32.5 Å². The van der Waals surface area contributed by atoms with Gasteiger partial charge in [-0.25, -0.2) is 0 Å². The van der Waals surface area contributed by atoms with Gasteiger partial charge in [-0.1, -0.05) is 12.1 Å². The Morgan fingerprint density at radius 1 is 1.04 bits per heavy atom. The molecule has 2 aromatic rings. The molecule has 0 saturated carbocycles. The fraction of sp³-hybridized carbons (Fsp3) is 0.316. The third-order valence-corrected chi connectivity index (χ3v) is 3.62. The number of rotatable bonds is 10. The van der Waals surface area contributed by atoms with Crippen LogP contribution in [-0.2, 0) is 11.3 Å². The van der Waals surface area contributed by atoms with Crippen LogP contribution >= 0.6 is 0 Å².